The lowest BCUT2D eigenvalue weighted by Gasteiger charge is -2.30. The fourth-order valence-electron chi connectivity index (χ4n) is 4.15. The Morgan fingerprint density at radius 3 is 2.55 bits per heavy atom. The predicted molar refractivity (Wildman–Crippen MR) is 113 cm³/mol. The smallest absolute Gasteiger partial charge is 0.417 e. The molecule has 12 heteroatoms. The van der Waals surface area contributed by atoms with Gasteiger partial charge >= 0.3 is 12.2 Å². The molecule has 1 saturated carbocycles. The number of hydrogen-bond donors (Lipinski definition) is 1. The van der Waals surface area contributed by atoms with Gasteiger partial charge in [0.05, 0.1) is 18.8 Å². The van der Waals surface area contributed by atoms with E-state index in [0.29, 0.717) is 30.7 Å². The SMILES string of the molecule is FC(F)(F)c1ccc(N[C@H]2CC[C@@H](Oc3nc(N4CCOCC4)cc4ncnn34)CC2)nc1. The van der Waals surface area contributed by atoms with Gasteiger partial charge < -0.3 is 19.7 Å². The first kappa shape index (κ1) is 21.7. The third-order valence-corrected chi connectivity index (χ3v) is 5.95. The van der Waals surface area contributed by atoms with Crippen molar-refractivity contribution in [2.45, 2.75) is 44.0 Å². The summed E-state index contributed by atoms with van der Waals surface area (Å²) in [5.74, 6) is 1.23. The van der Waals surface area contributed by atoms with Crippen LogP contribution in [-0.4, -0.2) is 63.0 Å². The molecule has 33 heavy (non-hydrogen) atoms. The molecule has 5 rings (SSSR count). The van der Waals surface area contributed by atoms with Crippen molar-refractivity contribution in [2.24, 2.45) is 0 Å². The van der Waals surface area contributed by atoms with Gasteiger partial charge in [0.1, 0.15) is 24.1 Å². The molecular formula is C21H24F3N7O2. The lowest BCUT2D eigenvalue weighted by Crippen LogP contribution is -2.37. The Morgan fingerprint density at radius 2 is 1.85 bits per heavy atom. The molecule has 0 spiro atoms. The topological polar surface area (TPSA) is 89.7 Å². The minimum atomic E-state index is -4.39. The average molecular weight is 463 g/mol. The van der Waals surface area contributed by atoms with Gasteiger partial charge in [0, 0.05) is 31.4 Å². The minimum Gasteiger partial charge on any atom is -0.460 e. The summed E-state index contributed by atoms with van der Waals surface area (Å²) in [6, 6.07) is 4.83. The molecule has 0 atom stereocenters. The first-order valence-corrected chi connectivity index (χ1v) is 11.0. The quantitative estimate of drug-likeness (QED) is 0.617. The lowest BCUT2D eigenvalue weighted by atomic mass is 9.93. The molecule has 9 nitrogen and oxygen atoms in total. The second-order valence-corrected chi connectivity index (χ2v) is 8.19. The average Bonchev–Trinajstić information content (AvgIpc) is 3.30. The van der Waals surface area contributed by atoms with E-state index in [1.807, 2.05) is 6.07 Å². The van der Waals surface area contributed by atoms with Crippen LogP contribution in [-0.2, 0) is 10.9 Å². The summed E-state index contributed by atoms with van der Waals surface area (Å²) in [7, 11) is 0. The van der Waals surface area contributed by atoms with Gasteiger partial charge in [-0.1, -0.05) is 0 Å². The number of pyridine rings is 1. The van der Waals surface area contributed by atoms with Crippen molar-refractivity contribution in [1.29, 1.82) is 0 Å². The van der Waals surface area contributed by atoms with Crippen molar-refractivity contribution in [3.8, 4) is 6.01 Å². The molecule has 0 unspecified atom stereocenters. The van der Waals surface area contributed by atoms with Crippen molar-refractivity contribution in [3.05, 3.63) is 36.3 Å². The van der Waals surface area contributed by atoms with Gasteiger partial charge in [-0.05, 0) is 37.8 Å². The maximum Gasteiger partial charge on any atom is 0.417 e. The number of hydrogen-bond acceptors (Lipinski definition) is 8. The number of ether oxygens (including phenoxy) is 2. The molecule has 0 radical (unpaired) electrons. The number of alkyl halides is 3. The van der Waals surface area contributed by atoms with E-state index < -0.39 is 11.7 Å². The number of nitrogens with zero attached hydrogens (tertiary/aromatic N) is 6. The fourth-order valence-corrected chi connectivity index (χ4v) is 4.15. The van der Waals surface area contributed by atoms with Crippen LogP contribution in [0.3, 0.4) is 0 Å². The zero-order valence-corrected chi connectivity index (χ0v) is 17.8. The molecule has 2 aliphatic rings. The molecule has 176 valence electrons. The van der Waals surface area contributed by atoms with Crippen LogP contribution >= 0.6 is 0 Å². The van der Waals surface area contributed by atoms with E-state index in [-0.39, 0.29) is 12.1 Å². The number of nitrogens with one attached hydrogen (secondary N) is 1. The summed E-state index contributed by atoms with van der Waals surface area (Å²) in [6.45, 7) is 2.82. The van der Waals surface area contributed by atoms with Crippen molar-refractivity contribution in [1.82, 2.24) is 24.6 Å². The largest absolute Gasteiger partial charge is 0.460 e. The van der Waals surface area contributed by atoms with Crippen LogP contribution in [0, 0.1) is 0 Å². The molecule has 3 aromatic rings. The van der Waals surface area contributed by atoms with Gasteiger partial charge in [0.15, 0.2) is 5.65 Å². The number of aromatic nitrogens is 5. The van der Waals surface area contributed by atoms with Crippen molar-refractivity contribution >= 4 is 17.3 Å². The van der Waals surface area contributed by atoms with E-state index in [2.05, 4.69) is 25.3 Å². The summed E-state index contributed by atoms with van der Waals surface area (Å²) in [5.41, 5.74) is -0.0818. The van der Waals surface area contributed by atoms with Crippen molar-refractivity contribution in [3.63, 3.8) is 0 Å². The highest BCUT2D eigenvalue weighted by Gasteiger charge is 2.31. The highest BCUT2D eigenvalue weighted by molar-refractivity contribution is 5.52. The van der Waals surface area contributed by atoms with Gasteiger partial charge in [-0.2, -0.15) is 27.8 Å². The highest BCUT2D eigenvalue weighted by Crippen LogP contribution is 2.30. The van der Waals surface area contributed by atoms with Crippen LogP contribution in [0.25, 0.3) is 5.65 Å². The van der Waals surface area contributed by atoms with Gasteiger partial charge in [0.2, 0.25) is 0 Å². The maximum atomic E-state index is 12.7. The second-order valence-electron chi connectivity index (χ2n) is 8.19. The molecule has 1 saturated heterocycles. The van der Waals surface area contributed by atoms with Crippen LogP contribution in [0.5, 0.6) is 6.01 Å². The Labute approximate surface area is 187 Å². The molecule has 0 amide bonds. The second kappa shape index (κ2) is 9.00. The number of morpholine rings is 1. The fraction of sp³-hybridized carbons (Fsp3) is 0.524. The predicted octanol–water partition coefficient (Wildman–Crippen LogP) is 3.18. The van der Waals surface area contributed by atoms with E-state index in [9.17, 15) is 13.2 Å². The Kier molecular flexibility index (Phi) is 5.92. The summed E-state index contributed by atoms with van der Waals surface area (Å²) >= 11 is 0. The summed E-state index contributed by atoms with van der Waals surface area (Å²) < 4.78 is 51.4. The summed E-state index contributed by atoms with van der Waals surface area (Å²) in [4.78, 5) is 15.0. The first-order valence-electron chi connectivity index (χ1n) is 11.0. The molecule has 2 fully saturated rings. The number of anilines is 2. The van der Waals surface area contributed by atoms with E-state index in [4.69, 9.17) is 14.5 Å². The number of halogens is 3. The van der Waals surface area contributed by atoms with E-state index in [0.717, 1.165) is 56.9 Å². The van der Waals surface area contributed by atoms with Crippen LogP contribution in [0.15, 0.2) is 30.7 Å². The van der Waals surface area contributed by atoms with Gasteiger partial charge in [0.25, 0.3) is 0 Å². The first-order chi connectivity index (χ1) is 16.0. The molecule has 4 heterocycles. The zero-order chi connectivity index (χ0) is 22.8. The Hall–Kier alpha value is -3.15. The van der Waals surface area contributed by atoms with E-state index >= 15 is 0 Å². The van der Waals surface area contributed by atoms with Gasteiger partial charge in [-0.3, -0.25) is 0 Å². The summed E-state index contributed by atoms with van der Waals surface area (Å²) in [6.07, 6.45) is 1.06. The normalized spacial score (nSPS) is 21.8. The van der Waals surface area contributed by atoms with Crippen molar-refractivity contribution < 1.29 is 22.6 Å². The Morgan fingerprint density at radius 1 is 1.06 bits per heavy atom. The highest BCUT2D eigenvalue weighted by atomic mass is 19.4. The molecule has 1 aliphatic heterocycles. The Balaban J connectivity index is 1.21. The van der Waals surface area contributed by atoms with Gasteiger partial charge in [-0.25, -0.2) is 9.97 Å². The number of fused-ring (bicyclic) bond motifs is 1. The molecule has 0 bridgehead atoms. The molecule has 1 N–H and O–H groups in total. The standard InChI is InChI=1S/C21H24F3N7O2/c22-21(23,24)14-1-6-17(25-12-14)28-15-2-4-16(5-3-15)33-20-29-19(30-7-9-32-10-8-30)11-18-26-13-27-31(18)20/h1,6,11-13,15-16H,2-5,7-10H2,(H,25,28)/t15-,16+. The van der Waals surface area contributed by atoms with Crippen LogP contribution in [0.1, 0.15) is 31.2 Å². The van der Waals surface area contributed by atoms with E-state index in [1.165, 1.54) is 12.4 Å². The molecular weight excluding hydrogens is 439 g/mol. The van der Waals surface area contributed by atoms with Crippen LogP contribution in [0.4, 0.5) is 24.8 Å². The zero-order valence-electron chi connectivity index (χ0n) is 17.8. The third kappa shape index (κ3) is 4.95. The molecule has 0 aromatic carbocycles. The lowest BCUT2D eigenvalue weighted by molar-refractivity contribution is -0.137. The monoisotopic (exact) mass is 463 g/mol. The minimum absolute atomic E-state index is 0.0385. The summed E-state index contributed by atoms with van der Waals surface area (Å²) in [5, 5.41) is 7.47. The van der Waals surface area contributed by atoms with E-state index in [1.54, 1.807) is 4.52 Å². The Bertz CT molecular complexity index is 1080. The number of rotatable bonds is 5. The molecule has 3 aromatic heterocycles. The molecule has 1 aliphatic carbocycles. The van der Waals surface area contributed by atoms with Crippen molar-refractivity contribution in [2.75, 3.05) is 36.5 Å². The maximum absolute atomic E-state index is 12.7. The van der Waals surface area contributed by atoms with Gasteiger partial charge in [-0.15, -0.1) is 0 Å². The third-order valence-electron chi connectivity index (χ3n) is 5.95. The van der Waals surface area contributed by atoms with Crippen LogP contribution < -0.4 is 15.0 Å². The van der Waals surface area contributed by atoms with Crippen LogP contribution in [0.2, 0.25) is 0 Å².